The Morgan fingerprint density at radius 3 is 2.70 bits per heavy atom. The van der Waals surface area contributed by atoms with Gasteiger partial charge in [0.05, 0.1) is 23.6 Å². The summed E-state index contributed by atoms with van der Waals surface area (Å²) in [6.07, 6.45) is 1.46. The third-order valence-electron chi connectivity index (χ3n) is 5.02. The van der Waals surface area contributed by atoms with Crippen molar-refractivity contribution in [1.82, 2.24) is 4.90 Å². The minimum atomic E-state index is -0.629. The average molecular weight is 549 g/mol. The van der Waals surface area contributed by atoms with Crippen LogP contribution in [-0.4, -0.2) is 61.6 Å². The molecule has 194 valence electrons. The van der Waals surface area contributed by atoms with Crippen LogP contribution in [0.3, 0.4) is 0 Å². The highest BCUT2D eigenvalue weighted by molar-refractivity contribution is 8.18. The first-order chi connectivity index (χ1) is 17.8. The highest BCUT2D eigenvalue weighted by Crippen LogP contribution is 2.39. The molecule has 0 aliphatic carbocycles. The van der Waals surface area contributed by atoms with Crippen LogP contribution in [0.15, 0.2) is 35.2 Å². The zero-order chi connectivity index (χ0) is 26.5. The standard InChI is InChI=1S/C24H21ClN2O9S/c1-3-33-18-7-13(6-15(25)22(18)34-11-21(29)32-2)8-19-23(30)27(24(31)37-19)10-20(28)26-14-4-5-16-17(9-14)36-12-35-16/h4-9H,3,10-12H2,1-2H3,(H,26,28)/b19-8-. The highest BCUT2D eigenvalue weighted by atomic mass is 35.5. The zero-order valence-electron chi connectivity index (χ0n) is 19.7. The zero-order valence-corrected chi connectivity index (χ0v) is 21.3. The minimum absolute atomic E-state index is 0.0936. The van der Waals surface area contributed by atoms with Crippen LogP contribution in [0.4, 0.5) is 10.5 Å². The number of esters is 1. The number of carbonyl (C=O) groups is 4. The SMILES string of the molecule is CCOc1cc(/C=C2\SC(=O)N(CC(=O)Nc3ccc4c(c3)OCO4)C2=O)cc(Cl)c1OCC(=O)OC. The third kappa shape index (κ3) is 6.09. The van der Waals surface area contributed by atoms with Crippen molar-refractivity contribution in [3.63, 3.8) is 0 Å². The largest absolute Gasteiger partial charge is 0.490 e. The fourth-order valence-corrected chi connectivity index (χ4v) is 4.48. The Balaban J connectivity index is 1.46. The molecule has 1 fully saturated rings. The normalized spacial score (nSPS) is 15.2. The van der Waals surface area contributed by atoms with Crippen molar-refractivity contribution in [3.05, 3.63) is 45.8 Å². The summed E-state index contributed by atoms with van der Waals surface area (Å²) < 4.78 is 26.1. The van der Waals surface area contributed by atoms with Gasteiger partial charge in [-0.1, -0.05) is 11.6 Å². The second-order valence-electron chi connectivity index (χ2n) is 7.51. The van der Waals surface area contributed by atoms with Crippen LogP contribution in [0.1, 0.15) is 12.5 Å². The number of ether oxygens (including phenoxy) is 5. The summed E-state index contributed by atoms with van der Waals surface area (Å²) >= 11 is 7.03. The number of carbonyl (C=O) groups excluding carboxylic acids is 4. The van der Waals surface area contributed by atoms with E-state index in [1.54, 1.807) is 31.2 Å². The van der Waals surface area contributed by atoms with E-state index in [1.165, 1.54) is 19.3 Å². The van der Waals surface area contributed by atoms with Crippen molar-refractivity contribution in [2.24, 2.45) is 0 Å². The molecule has 37 heavy (non-hydrogen) atoms. The van der Waals surface area contributed by atoms with Crippen molar-refractivity contribution < 1.29 is 42.9 Å². The van der Waals surface area contributed by atoms with Crippen molar-refractivity contribution >= 4 is 58.1 Å². The van der Waals surface area contributed by atoms with Crippen LogP contribution in [-0.2, 0) is 19.1 Å². The number of hydrogen-bond donors (Lipinski definition) is 1. The van der Waals surface area contributed by atoms with Crippen molar-refractivity contribution in [2.75, 3.05) is 39.0 Å². The molecule has 0 radical (unpaired) electrons. The molecule has 2 aromatic carbocycles. The monoisotopic (exact) mass is 548 g/mol. The number of nitrogens with one attached hydrogen (secondary N) is 1. The molecular weight excluding hydrogens is 528 g/mol. The van der Waals surface area contributed by atoms with Crippen molar-refractivity contribution in [3.8, 4) is 23.0 Å². The van der Waals surface area contributed by atoms with Gasteiger partial charge in [0.15, 0.2) is 29.6 Å². The molecule has 0 saturated carbocycles. The molecule has 2 aromatic rings. The molecule has 0 atom stereocenters. The fraction of sp³-hybridized carbons (Fsp3) is 0.250. The Morgan fingerprint density at radius 1 is 1.16 bits per heavy atom. The molecule has 4 rings (SSSR count). The van der Waals surface area contributed by atoms with Gasteiger partial charge in [0.2, 0.25) is 12.7 Å². The first-order valence-corrected chi connectivity index (χ1v) is 12.1. The molecule has 0 bridgehead atoms. The van der Waals surface area contributed by atoms with E-state index in [0.29, 0.717) is 34.5 Å². The van der Waals surface area contributed by atoms with Gasteiger partial charge in [-0.3, -0.25) is 19.3 Å². The van der Waals surface area contributed by atoms with Gasteiger partial charge in [-0.15, -0.1) is 0 Å². The molecule has 0 unspecified atom stereocenters. The van der Waals surface area contributed by atoms with Gasteiger partial charge < -0.3 is 29.0 Å². The van der Waals surface area contributed by atoms with Crippen LogP contribution in [0.5, 0.6) is 23.0 Å². The molecular formula is C24H21ClN2O9S. The van der Waals surface area contributed by atoms with Gasteiger partial charge in [0.1, 0.15) is 6.54 Å². The number of imide groups is 1. The molecule has 0 aromatic heterocycles. The number of rotatable bonds is 9. The van der Waals surface area contributed by atoms with Crippen molar-refractivity contribution in [2.45, 2.75) is 6.92 Å². The van der Waals surface area contributed by atoms with E-state index in [9.17, 15) is 19.2 Å². The van der Waals surface area contributed by atoms with Crippen LogP contribution in [0.2, 0.25) is 5.02 Å². The number of hydrogen-bond acceptors (Lipinski definition) is 10. The van der Waals surface area contributed by atoms with Gasteiger partial charge in [0.25, 0.3) is 11.1 Å². The number of methoxy groups -OCH3 is 1. The predicted octanol–water partition coefficient (Wildman–Crippen LogP) is 3.69. The summed E-state index contributed by atoms with van der Waals surface area (Å²) in [5, 5.41) is 2.17. The van der Waals surface area contributed by atoms with Crippen molar-refractivity contribution in [1.29, 1.82) is 0 Å². The van der Waals surface area contributed by atoms with Gasteiger partial charge >= 0.3 is 5.97 Å². The Bertz CT molecular complexity index is 1300. The first-order valence-electron chi connectivity index (χ1n) is 10.9. The lowest BCUT2D eigenvalue weighted by Crippen LogP contribution is -2.36. The summed E-state index contributed by atoms with van der Waals surface area (Å²) in [5.74, 6) is -0.360. The number of anilines is 1. The number of halogens is 1. The lowest BCUT2D eigenvalue weighted by Gasteiger charge is -2.14. The minimum Gasteiger partial charge on any atom is -0.490 e. The molecule has 13 heteroatoms. The highest BCUT2D eigenvalue weighted by Gasteiger charge is 2.36. The van der Waals surface area contributed by atoms with E-state index in [-0.39, 0.29) is 41.4 Å². The summed E-state index contributed by atoms with van der Waals surface area (Å²) in [5.41, 5.74) is 0.888. The molecule has 1 saturated heterocycles. The van der Waals surface area contributed by atoms with Gasteiger partial charge in [0, 0.05) is 11.8 Å². The van der Waals surface area contributed by atoms with E-state index in [0.717, 1.165) is 4.90 Å². The summed E-state index contributed by atoms with van der Waals surface area (Å²) in [6, 6.07) is 7.91. The van der Waals surface area contributed by atoms with E-state index in [2.05, 4.69) is 10.1 Å². The van der Waals surface area contributed by atoms with E-state index in [4.69, 9.17) is 30.5 Å². The lowest BCUT2D eigenvalue weighted by molar-refractivity contribution is -0.143. The topological polar surface area (TPSA) is 130 Å². The summed E-state index contributed by atoms with van der Waals surface area (Å²) in [7, 11) is 1.23. The van der Waals surface area contributed by atoms with E-state index >= 15 is 0 Å². The predicted molar refractivity (Wildman–Crippen MR) is 134 cm³/mol. The molecule has 0 spiro atoms. The fourth-order valence-electron chi connectivity index (χ4n) is 3.37. The van der Waals surface area contributed by atoms with E-state index < -0.39 is 29.6 Å². The van der Waals surface area contributed by atoms with Crippen LogP contribution >= 0.6 is 23.4 Å². The quantitative estimate of drug-likeness (QED) is 0.365. The smallest absolute Gasteiger partial charge is 0.343 e. The maximum Gasteiger partial charge on any atom is 0.343 e. The Labute approximate surface area is 220 Å². The first kappa shape index (κ1) is 26.2. The van der Waals surface area contributed by atoms with Gasteiger partial charge in [-0.05, 0) is 54.6 Å². The van der Waals surface area contributed by atoms with Gasteiger partial charge in [-0.25, -0.2) is 4.79 Å². The maximum absolute atomic E-state index is 12.9. The molecule has 1 N–H and O–H groups in total. The average Bonchev–Trinajstić information content (AvgIpc) is 3.43. The molecule has 11 nitrogen and oxygen atoms in total. The third-order valence-corrected chi connectivity index (χ3v) is 6.21. The Morgan fingerprint density at radius 2 is 1.95 bits per heavy atom. The lowest BCUT2D eigenvalue weighted by atomic mass is 10.1. The molecule has 2 aliphatic heterocycles. The van der Waals surface area contributed by atoms with Crippen LogP contribution in [0.25, 0.3) is 6.08 Å². The second-order valence-corrected chi connectivity index (χ2v) is 8.91. The maximum atomic E-state index is 12.9. The van der Waals surface area contributed by atoms with Crippen LogP contribution in [0, 0.1) is 0 Å². The number of nitrogens with zero attached hydrogens (tertiary/aromatic N) is 1. The summed E-state index contributed by atoms with van der Waals surface area (Å²) in [4.78, 5) is 50.3. The van der Waals surface area contributed by atoms with Crippen LogP contribution < -0.4 is 24.3 Å². The number of fused-ring (bicyclic) bond motifs is 1. The molecule has 2 aliphatic rings. The molecule has 3 amide bonds. The summed E-state index contributed by atoms with van der Waals surface area (Å²) in [6.45, 7) is 1.29. The second kappa shape index (κ2) is 11.4. The number of thioether (sulfide) groups is 1. The molecule has 2 heterocycles. The Kier molecular flexibility index (Phi) is 8.09. The Hall–Kier alpha value is -3.90. The van der Waals surface area contributed by atoms with Gasteiger partial charge in [-0.2, -0.15) is 0 Å². The number of benzene rings is 2. The van der Waals surface area contributed by atoms with E-state index in [1.807, 2.05) is 0 Å². The number of amides is 3.